The number of methoxy groups -OCH3 is 1. The highest BCUT2D eigenvalue weighted by Gasteiger charge is 2.14. The minimum atomic E-state index is -0.277. The van der Waals surface area contributed by atoms with Crippen molar-refractivity contribution in [3.8, 4) is 5.75 Å². The summed E-state index contributed by atoms with van der Waals surface area (Å²) in [5.41, 5.74) is 2.12. The highest BCUT2D eigenvalue weighted by molar-refractivity contribution is 5.66. The summed E-state index contributed by atoms with van der Waals surface area (Å²) >= 11 is 0. The van der Waals surface area contributed by atoms with E-state index in [0.29, 0.717) is 13.2 Å². The monoisotopic (exact) mass is 328 g/mol. The fraction of sp³-hybridized carbons (Fsp3) is 0.350. The van der Waals surface area contributed by atoms with E-state index in [1.165, 1.54) is 6.92 Å². The summed E-state index contributed by atoms with van der Waals surface area (Å²) in [5, 5.41) is 0. The Balaban J connectivity index is 1.81. The number of hydrogen-bond acceptors (Lipinski definition) is 4. The van der Waals surface area contributed by atoms with E-state index < -0.39 is 0 Å². The average Bonchev–Trinajstić information content (AvgIpc) is 2.61. The van der Waals surface area contributed by atoms with Crippen LogP contribution in [0.1, 0.15) is 37.0 Å². The molecule has 1 atom stereocenters. The molecule has 0 fully saturated rings. The maximum atomic E-state index is 11.3. The van der Waals surface area contributed by atoms with Crippen LogP contribution < -0.4 is 4.74 Å². The molecule has 1 unspecified atom stereocenters. The zero-order chi connectivity index (χ0) is 17.2. The largest absolute Gasteiger partial charge is 0.497 e. The fourth-order valence-corrected chi connectivity index (χ4v) is 2.45. The third kappa shape index (κ3) is 6.05. The molecular formula is C20H24O4. The van der Waals surface area contributed by atoms with E-state index >= 15 is 0 Å². The minimum Gasteiger partial charge on any atom is -0.497 e. The molecular weight excluding hydrogens is 304 g/mol. The summed E-state index contributed by atoms with van der Waals surface area (Å²) in [5.74, 6) is 0.507. The highest BCUT2D eigenvalue weighted by Crippen LogP contribution is 2.25. The van der Waals surface area contributed by atoms with Crippen molar-refractivity contribution in [2.45, 2.75) is 32.5 Å². The topological polar surface area (TPSA) is 44.8 Å². The molecule has 24 heavy (non-hydrogen) atoms. The lowest BCUT2D eigenvalue weighted by atomic mass is 10.0. The van der Waals surface area contributed by atoms with Crippen LogP contribution in [0.2, 0.25) is 0 Å². The molecule has 0 heterocycles. The SMILES string of the molecule is COc1ccc(C(CCCOCc2ccccc2)OC(C)=O)cc1. The van der Waals surface area contributed by atoms with E-state index in [4.69, 9.17) is 14.2 Å². The predicted octanol–water partition coefficient (Wildman–Crippen LogP) is 4.30. The third-order valence-electron chi connectivity index (χ3n) is 3.66. The van der Waals surface area contributed by atoms with Crippen molar-refractivity contribution in [2.75, 3.05) is 13.7 Å². The van der Waals surface area contributed by atoms with Gasteiger partial charge in [-0.2, -0.15) is 0 Å². The van der Waals surface area contributed by atoms with Gasteiger partial charge in [-0.25, -0.2) is 0 Å². The Morgan fingerprint density at radius 3 is 2.38 bits per heavy atom. The molecule has 0 N–H and O–H groups in total. The van der Waals surface area contributed by atoms with Gasteiger partial charge >= 0.3 is 5.97 Å². The third-order valence-corrected chi connectivity index (χ3v) is 3.66. The summed E-state index contributed by atoms with van der Waals surface area (Å²) in [6.45, 7) is 2.66. The molecule has 0 aliphatic rings. The molecule has 0 saturated carbocycles. The van der Waals surface area contributed by atoms with E-state index in [1.54, 1.807) is 7.11 Å². The first kappa shape index (κ1) is 18.0. The minimum absolute atomic E-state index is 0.256. The smallest absolute Gasteiger partial charge is 0.303 e. The number of carbonyl (C=O) groups is 1. The second kappa shape index (κ2) is 9.73. The van der Waals surface area contributed by atoms with Gasteiger partial charge in [0, 0.05) is 13.5 Å². The van der Waals surface area contributed by atoms with Gasteiger partial charge in [0.25, 0.3) is 0 Å². The van der Waals surface area contributed by atoms with Gasteiger partial charge < -0.3 is 14.2 Å². The van der Waals surface area contributed by atoms with Gasteiger partial charge in [0.2, 0.25) is 0 Å². The zero-order valence-corrected chi connectivity index (χ0v) is 14.2. The second-order valence-corrected chi connectivity index (χ2v) is 5.55. The number of carbonyl (C=O) groups excluding carboxylic acids is 1. The van der Waals surface area contributed by atoms with Crippen LogP contribution >= 0.6 is 0 Å². The normalized spacial score (nSPS) is 11.8. The van der Waals surface area contributed by atoms with Gasteiger partial charge in [0.15, 0.2) is 0 Å². The van der Waals surface area contributed by atoms with Crippen LogP contribution in [0.3, 0.4) is 0 Å². The second-order valence-electron chi connectivity index (χ2n) is 5.55. The summed E-state index contributed by atoms with van der Waals surface area (Å²) < 4.78 is 16.3. The van der Waals surface area contributed by atoms with Crippen LogP contribution in [-0.4, -0.2) is 19.7 Å². The molecule has 0 aliphatic carbocycles. The lowest BCUT2D eigenvalue weighted by molar-refractivity contribution is -0.147. The molecule has 128 valence electrons. The van der Waals surface area contributed by atoms with Crippen LogP contribution in [0, 0.1) is 0 Å². The van der Waals surface area contributed by atoms with E-state index in [2.05, 4.69) is 0 Å². The van der Waals surface area contributed by atoms with Crippen LogP contribution in [-0.2, 0) is 20.9 Å². The average molecular weight is 328 g/mol. The number of hydrogen-bond donors (Lipinski definition) is 0. The Bertz CT molecular complexity index is 607. The van der Waals surface area contributed by atoms with Crippen molar-refractivity contribution >= 4 is 5.97 Å². The van der Waals surface area contributed by atoms with Crippen LogP contribution in [0.15, 0.2) is 54.6 Å². The predicted molar refractivity (Wildman–Crippen MR) is 92.8 cm³/mol. The van der Waals surface area contributed by atoms with Crippen molar-refractivity contribution in [1.82, 2.24) is 0 Å². The summed E-state index contributed by atoms with van der Waals surface area (Å²) in [4.78, 5) is 11.3. The van der Waals surface area contributed by atoms with Crippen molar-refractivity contribution < 1.29 is 19.0 Å². The first-order valence-electron chi connectivity index (χ1n) is 8.12. The number of benzene rings is 2. The quantitative estimate of drug-likeness (QED) is 0.508. The first-order chi connectivity index (χ1) is 11.7. The Morgan fingerprint density at radius 1 is 1.04 bits per heavy atom. The van der Waals surface area contributed by atoms with Gasteiger partial charge in [-0.15, -0.1) is 0 Å². The molecule has 0 bridgehead atoms. The molecule has 4 heteroatoms. The summed E-state index contributed by atoms with van der Waals surface area (Å²) in [6.07, 6.45) is 1.28. The van der Waals surface area contributed by atoms with Gasteiger partial charge in [0.1, 0.15) is 11.9 Å². The molecule has 2 aromatic rings. The molecule has 2 rings (SSSR count). The molecule has 0 saturated heterocycles. The first-order valence-corrected chi connectivity index (χ1v) is 8.12. The molecule has 0 radical (unpaired) electrons. The van der Waals surface area contributed by atoms with E-state index in [0.717, 1.165) is 29.7 Å². The number of esters is 1. The molecule has 4 nitrogen and oxygen atoms in total. The highest BCUT2D eigenvalue weighted by atomic mass is 16.5. The summed E-state index contributed by atoms with van der Waals surface area (Å²) in [7, 11) is 1.63. The van der Waals surface area contributed by atoms with Crippen molar-refractivity contribution in [3.63, 3.8) is 0 Å². The zero-order valence-electron chi connectivity index (χ0n) is 14.2. The van der Waals surface area contributed by atoms with Gasteiger partial charge in [-0.3, -0.25) is 4.79 Å². The number of ether oxygens (including phenoxy) is 3. The Labute approximate surface area is 143 Å². The van der Waals surface area contributed by atoms with Crippen LogP contribution in [0.25, 0.3) is 0 Å². The van der Waals surface area contributed by atoms with Gasteiger partial charge in [0.05, 0.1) is 13.7 Å². The molecule has 2 aromatic carbocycles. The van der Waals surface area contributed by atoms with Gasteiger partial charge in [-0.05, 0) is 36.1 Å². The fourth-order valence-electron chi connectivity index (χ4n) is 2.45. The lowest BCUT2D eigenvalue weighted by Gasteiger charge is -2.18. The lowest BCUT2D eigenvalue weighted by Crippen LogP contribution is -2.10. The molecule has 0 spiro atoms. The van der Waals surface area contributed by atoms with Crippen molar-refractivity contribution in [2.24, 2.45) is 0 Å². The van der Waals surface area contributed by atoms with Crippen LogP contribution in [0.4, 0.5) is 0 Å². The molecule has 0 amide bonds. The Hall–Kier alpha value is -2.33. The molecule has 0 aliphatic heterocycles. The maximum Gasteiger partial charge on any atom is 0.303 e. The van der Waals surface area contributed by atoms with E-state index in [-0.39, 0.29) is 12.1 Å². The number of rotatable bonds is 9. The van der Waals surface area contributed by atoms with Crippen molar-refractivity contribution in [1.29, 1.82) is 0 Å². The molecule has 0 aromatic heterocycles. The Morgan fingerprint density at radius 2 is 1.75 bits per heavy atom. The standard InChI is InChI=1S/C20H24O4/c1-16(21)24-20(18-10-12-19(22-2)13-11-18)9-6-14-23-15-17-7-4-3-5-8-17/h3-5,7-8,10-13,20H,6,9,14-15H2,1-2H3. The summed E-state index contributed by atoms with van der Waals surface area (Å²) in [6, 6.07) is 17.7. The van der Waals surface area contributed by atoms with E-state index in [9.17, 15) is 4.79 Å². The van der Waals surface area contributed by atoms with Crippen LogP contribution in [0.5, 0.6) is 5.75 Å². The Kier molecular flexibility index (Phi) is 7.30. The van der Waals surface area contributed by atoms with Gasteiger partial charge in [-0.1, -0.05) is 42.5 Å². The van der Waals surface area contributed by atoms with E-state index in [1.807, 2.05) is 54.6 Å². The van der Waals surface area contributed by atoms with Crippen molar-refractivity contribution in [3.05, 3.63) is 65.7 Å². The maximum absolute atomic E-state index is 11.3.